The van der Waals surface area contributed by atoms with Crippen molar-refractivity contribution in [3.8, 4) is 0 Å². The van der Waals surface area contributed by atoms with Crippen LogP contribution in [0.2, 0.25) is 5.02 Å². The zero-order chi connectivity index (χ0) is 15.2. The maximum atomic E-state index is 12.7. The molecule has 0 saturated heterocycles. The fourth-order valence-electron chi connectivity index (χ4n) is 1.67. The fraction of sp³-hybridized carbons (Fsp3) is 0.0625. The summed E-state index contributed by atoms with van der Waals surface area (Å²) in [6.07, 6.45) is 3.16. The minimum absolute atomic E-state index is 0.297. The molecule has 0 radical (unpaired) electrons. The van der Waals surface area contributed by atoms with Crippen molar-refractivity contribution in [2.24, 2.45) is 0 Å². The summed E-state index contributed by atoms with van der Waals surface area (Å²) in [5.74, 6) is -0.297. The van der Waals surface area contributed by atoms with E-state index in [1.165, 1.54) is 18.3 Å². The van der Waals surface area contributed by atoms with Crippen LogP contribution in [-0.4, -0.2) is 6.03 Å². The third-order valence-corrected chi connectivity index (χ3v) is 3.04. The smallest absolute Gasteiger partial charge is 0.314 e. The normalized spacial score (nSPS) is 10.6. The van der Waals surface area contributed by atoms with Gasteiger partial charge in [0.15, 0.2) is 0 Å². The molecule has 0 aromatic heterocycles. The van der Waals surface area contributed by atoms with Crippen LogP contribution in [0.25, 0.3) is 6.08 Å². The van der Waals surface area contributed by atoms with Crippen molar-refractivity contribution < 1.29 is 9.18 Å². The lowest BCUT2D eigenvalue weighted by atomic mass is 10.2. The Labute approximate surface area is 127 Å². The Bertz CT molecular complexity index is 668. The number of halogens is 2. The molecule has 5 heteroatoms. The van der Waals surface area contributed by atoms with Crippen LogP contribution in [0.15, 0.2) is 48.7 Å². The first-order chi connectivity index (χ1) is 10.0. The van der Waals surface area contributed by atoms with Crippen LogP contribution in [-0.2, 0) is 0 Å². The van der Waals surface area contributed by atoms with Crippen molar-refractivity contribution >= 4 is 29.4 Å². The lowest BCUT2D eigenvalue weighted by Gasteiger charge is -2.08. The first-order valence-corrected chi connectivity index (χ1v) is 6.68. The molecule has 0 unspecified atom stereocenters. The number of hydrogen-bond acceptors (Lipinski definition) is 1. The first-order valence-electron chi connectivity index (χ1n) is 6.30. The molecule has 21 heavy (non-hydrogen) atoms. The largest absolute Gasteiger partial charge is 0.323 e. The van der Waals surface area contributed by atoms with Gasteiger partial charge in [0.1, 0.15) is 5.82 Å². The van der Waals surface area contributed by atoms with Crippen molar-refractivity contribution in [3.63, 3.8) is 0 Å². The highest BCUT2D eigenvalue weighted by Gasteiger charge is 2.03. The quantitative estimate of drug-likeness (QED) is 0.856. The molecule has 2 aromatic carbocycles. The Balaban J connectivity index is 1.93. The third-order valence-electron chi connectivity index (χ3n) is 2.81. The first kappa shape index (κ1) is 15.1. The number of carbonyl (C=O) groups is 1. The Hall–Kier alpha value is -2.33. The summed E-state index contributed by atoms with van der Waals surface area (Å²) in [6, 6.07) is 10.8. The van der Waals surface area contributed by atoms with Gasteiger partial charge in [0.2, 0.25) is 0 Å². The van der Waals surface area contributed by atoms with Crippen LogP contribution in [0, 0.1) is 12.7 Å². The average molecular weight is 305 g/mol. The van der Waals surface area contributed by atoms with E-state index in [0.717, 1.165) is 11.1 Å². The van der Waals surface area contributed by atoms with Gasteiger partial charge in [-0.1, -0.05) is 29.8 Å². The SMILES string of the molecule is Cc1ccc(Cl)cc1NC(=O)N/C=C/c1ccc(F)cc1. The Kier molecular flexibility index (Phi) is 4.95. The molecular weight excluding hydrogens is 291 g/mol. The van der Waals surface area contributed by atoms with E-state index < -0.39 is 0 Å². The molecular formula is C16H14ClFN2O. The van der Waals surface area contributed by atoms with Gasteiger partial charge in [0, 0.05) is 16.9 Å². The van der Waals surface area contributed by atoms with Crippen LogP contribution < -0.4 is 10.6 Å². The summed E-state index contributed by atoms with van der Waals surface area (Å²) in [6.45, 7) is 1.88. The van der Waals surface area contributed by atoms with Gasteiger partial charge in [-0.05, 0) is 48.4 Å². The number of urea groups is 1. The number of rotatable bonds is 3. The molecule has 0 aliphatic carbocycles. The molecule has 0 spiro atoms. The molecule has 0 bridgehead atoms. The second-order valence-corrected chi connectivity index (χ2v) is 4.88. The van der Waals surface area contributed by atoms with Gasteiger partial charge in [-0.15, -0.1) is 0 Å². The highest BCUT2D eigenvalue weighted by molar-refractivity contribution is 6.31. The van der Waals surface area contributed by atoms with Crippen LogP contribution in [0.3, 0.4) is 0 Å². The van der Waals surface area contributed by atoms with Gasteiger partial charge in [-0.3, -0.25) is 0 Å². The van der Waals surface area contributed by atoms with E-state index in [1.54, 1.807) is 30.3 Å². The number of carbonyl (C=O) groups excluding carboxylic acids is 1. The van der Waals surface area contributed by atoms with E-state index in [9.17, 15) is 9.18 Å². The van der Waals surface area contributed by atoms with Crippen LogP contribution >= 0.6 is 11.6 Å². The second kappa shape index (κ2) is 6.90. The number of anilines is 1. The number of hydrogen-bond donors (Lipinski definition) is 2. The Morgan fingerprint density at radius 3 is 2.62 bits per heavy atom. The number of benzene rings is 2. The molecule has 2 amide bonds. The van der Waals surface area contributed by atoms with Crippen molar-refractivity contribution in [1.29, 1.82) is 0 Å². The maximum Gasteiger partial charge on any atom is 0.323 e. The van der Waals surface area contributed by atoms with Gasteiger partial charge < -0.3 is 10.6 Å². The molecule has 0 aliphatic rings. The lowest BCUT2D eigenvalue weighted by Crippen LogP contribution is -2.24. The molecule has 2 rings (SSSR count). The molecule has 108 valence electrons. The van der Waals surface area contributed by atoms with Crippen molar-refractivity contribution in [2.75, 3.05) is 5.32 Å². The lowest BCUT2D eigenvalue weighted by molar-refractivity contribution is 0.255. The number of nitrogens with one attached hydrogen (secondary N) is 2. The predicted octanol–water partition coefficient (Wildman–Crippen LogP) is 4.58. The van der Waals surface area contributed by atoms with E-state index >= 15 is 0 Å². The molecule has 3 nitrogen and oxygen atoms in total. The summed E-state index contributed by atoms with van der Waals surface area (Å²) >= 11 is 5.88. The summed E-state index contributed by atoms with van der Waals surface area (Å²) in [7, 11) is 0. The van der Waals surface area contributed by atoms with Crippen molar-refractivity contribution in [3.05, 3.63) is 70.6 Å². The zero-order valence-electron chi connectivity index (χ0n) is 11.4. The van der Waals surface area contributed by atoms with Gasteiger partial charge >= 0.3 is 6.03 Å². The predicted molar refractivity (Wildman–Crippen MR) is 83.8 cm³/mol. The van der Waals surface area contributed by atoms with Crippen LogP contribution in [0.4, 0.5) is 14.9 Å². The molecule has 0 saturated carbocycles. The van der Waals surface area contributed by atoms with E-state index in [-0.39, 0.29) is 11.8 Å². The van der Waals surface area contributed by atoms with E-state index in [0.29, 0.717) is 10.7 Å². The Morgan fingerprint density at radius 1 is 1.19 bits per heavy atom. The summed E-state index contributed by atoms with van der Waals surface area (Å²) < 4.78 is 12.7. The average Bonchev–Trinajstić information content (AvgIpc) is 2.45. The van der Waals surface area contributed by atoms with Gasteiger partial charge in [0.05, 0.1) is 0 Å². The van der Waals surface area contributed by atoms with Crippen LogP contribution in [0.5, 0.6) is 0 Å². The van der Waals surface area contributed by atoms with Crippen molar-refractivity contribution in [2.45, 2.75) is 6.92 Å². The van der Waals surface area contributed by atoms with E-state index in [1.807, 2.05) is 13.0 Å². The fourth-order valence-corrected chi connectivity index (χ4v) is 1.85. The van der Waals surface area contributed by atoms with Gasteiger partial charge in [-0.2, -0.15) is 0 Å². The summed E-state index contributed by atoms with van der Waals surface area (Å²) in [4.78, 5) is 11.7. The molecule has 0 atom stereocenters. The highest BCUT2D eigenvalue weighted by atomic mass is 35.5. The maximum absolute atomic E-state index is 12.7. The Morgan fingerprint density at radius 2 is 1.90 bits per heavy atom. The van der Waals surface area contributed by atoms with E-state index in [4.69, 9.17) is 11.6 Å². The van der Waals surface area contributed by atoms with Gasteiger partial charge in [-0.25, -0.2) is 9.18 Å². The zero-order valence-corrected chi connectivity index (χ0v) is 12.1. The van der Waals surface area contributed by atoms with Crippen molar-refractivity contribution in [1.82, 2.24) is 5.32 Å². The summed E-state index contributed by atoms with van der Waals surface area (Å²) in [5.41, 5.74) is 2.35. The molecule has 2 N–H and O–H groups in total. The molecule has 0 heterocycles. The highest BCUT2D eigenvalue weighted by Crippen LogP contribution is 2.19. The minimum atomic E-state index is -0.376. The standard InChI is InChI=1S/C16H14ClFN2O/c1-11-2-5-13(17)10-15(11)20-16(21)19-9-8-12-3-6-14(18)7-4-12/h2-10H,1H3,(H2,19,20,21)/b9-8+. The number of amides is 2. The molecule has 0 aliphatic heterocycles. The molecule has 2 aromatic rings. The van der Waals surface area contributed by atoms with E-state index in [2.05, 4.69) is 10.6 Å². The van der Waals surface area contributed by atoms with Gasteiger partial charge in [0.25, 0.3) is 0 Å². The van der Waals surface area contributed by atoms with Crippen LogP contribution in [0.1, 0.15) is 11.1 Å². The number of aryl methyl sites for hydroxylation is 1. The third kappa shape index (κ3) is 4.61. The minimum Gasteiger partial charge on any atom is -0.314 e. The summed E-state index contributed by atoms with van der Waals surface area (Å²) in [5, 5.41) is 5.83. The topological polar surface area (TPSA) is 41.1 Å². The second-order valence-electron chi connectivity index (χ2n) is 4.44. The monoisotopic (exact) mass is 304 g/mol. The molecule has 0 fully saturated rings.